The van der Waals surface area contributed by atoms with E-state index >= 15 is 0 Å². The molecule has 3 aromatic carbocycles. The Morgan fingerprint density at radius 3 is 2.33 bits per heavy atom. The van der Waals surface area contributed by atoms with Crippen molar-refractivity contribution >= 4 is 57.3 Å². The molecule has 1 N–H and O–H groups in total. The molecule has 1 atom stereocenters. The van der Waals surface area contributed by atoms with E-state index in [2.05, 4.69) is 10.3 Å². The zero-order chi connectivity index (χ0) is 20.9. The molecule has 1 aromatic heterocycles. The van der Waals surface area contributed by atoms with E-state index in [0.29, 0.717) is 15.2 Å². The Bertz CT molecular complexity index is 1150. The third-order valence-corrected chi connectivity index (χ3v) is 7.05. The van der Waals surface area contributed by atoms with E-state index in [4.69, 9.17) is 23.2 Å². The van der Waals surface area contributed by atoms with Gasteiger partial charge in [-0.1, -0.05) is 77.8 Å². The number of hydrogen-bond donors (Lipinski definition) is 1. The van der Waals surface area contributed by atoms with Crippen molar-refractivity contribution in [3.05, 3.63) is 99.9 Å². The first-order chi connectivity index (χ1) is 14.6. The zero-order valence-electron chi connectivity index (χ0n) is 15.6. The maximum Gasteiger partial charge on any atom is 0.244 e. The molecular weight excluding hydrogens is 455 g/mol. The summed E-state index contributed by atoms with van der Waals surface area (Å²) in [4.78, 5) is 18.7. The molecule has 0 aliphatic rings. The lowest BCUT2D eigenvalue weighted by Gasteiger charge is -2.16. The van der Waals surface area contributed by atoms with Crippen LogP contribution in [-0.2, 0) is 4.79 Å². The van der Waals surface area contributed by atoms with Gasteiger partial charge in [-0.15, -0.1) is 23.1 Å². The number of nitrogens with one attached hydrogen (secondary N) is 1. The molecule has 0 fully saturated rings. The second-order valence-electron chi connectivity index (χ2n) is 6.38. The molecule has 4 aromatic rings. The largest absolute Gasteiger partial charge is 0.301 e. The number of rotatable bonds is 6. The summed E-state index contributed by atoms with van der Waals surface area (Å²) < 4.78 is 0. The van der Waals surface area contributed by atoms with E-state index < -0.39 is 5.25 Å². The summed E-state index contributed by atoms with van der Waals surface area (Å²) in [5, 5.41) is 5.95. The number of hydrogen-bond acceptors (Lipinski definition) is 4. The van der Waals surface area contributed by atoms with Crippen molar-refractivity contribution in [3.8, 4) is 11.3 Å². The summed E-state index contributed by atoms with van der Waals surface area (Å²) in [5.74, 6) is -0.120. The Labute approximate surface area is 193 Å². The van der Waals surface area contributed by atoms with Gasteiger partial charge in [-0.3, -0.25) is 4.79 Å². The van der Waals surface area contributed by atoms with E-state index in [-0.39, 0.29) is 5.91 Å². The summed E-state index contributed by atoms with van der Waals surface area (Å²) in [6.45, 7) is 0. The normalized spacial score (nSPS) is 11.8. The number of nitrogens with zero attached hydrogens (tertiary/aromatic N) is 1. The molecule has 0 saturated carbocycles. The fourth-order valence-electron chi connectivity index (χ4n) is 2.83. The van der Waals surface area contributed by atoms with Crippen LogP contribution in [0.25, 0.3) is 11.3 Å². The van der Waals surface area contributed by atoms with Crippen LogP contribution in [0.2, 0.25) is 10.0 Å². The first kappa shape index (κ1) is 20.9. The Balaban J connectivity index is 1.55. The Hall–Kier alpha value is -2.31. The number of aromatic nitrogens is 1. The van der Waals surface area contributed by atoms with Crippen LogP contribution in [0.1, 0.15) is 10.8 Å². The lowest BCUT2D eigenvalue weighted by molar-refractivity contribution is -0.115. The summed E-state index contributed by atoms with van der Waals surface area (Å²) >= 11 is 15.0. The highest BCUT2D eigenvalue weighted by Gasteiger charge is 2.23. The van der Waals surface area contributed by atoms with Crippen molar-refractivity contribution < 1.29 is 4.79 Å². The number of amides is 1. The lowest BCUT2D eigenvalue weighted by atomic mass is 10.1. The van der Waals surface area contributed by atoms with Gasteiger partial charge in [0.05, 0.1) is 15.7 Å². The van der Waals surface area contributed by atoms with Gasteiger partial charge in [-0.2, -0.15) is 0 Å². The van der Waals surface area contributed by atoms with Crippen LogP contribution in [0.4, 0.5) is 5.13 Å². The van der Waals surface area contributed by atoms with Crippen molar-refractivity contribution in [2.75, 3.05) is 5.32 Å². The number of thiazole rings is 1. The van der Waals surface area contributed by atoms with Crippen molar-refractivity contribution in [3.63, 3.8) is 0 Å². The summed E-state index contributed by atoms with van der Waals surface area (Å²) in [7, 11) is 0. The van der Waals surface area contributed by atoms with Crippen molar-refractivity contribution in [1.82, 2.24) is 4.98 Å². The molecule has 1 amide bonds. The molecule has 0 radical (unpaired) electrons. The maximum atomic E-state index is 13.2. The van der Waals surface area contributed by atoms with Crippen molar-refractivity contribution in [1.29, 1.82) is 0 Å². The maximum absolute atomic E-state index is 13.2. The highest BCUT2D eigenvalue weighted by Crippen LogP contribution is 2.37. The zero-order valence-corrected chi connectivity index (χ0v) is 18.7. The van der Waals surface area contributed by atoms with Crippen LogP contribution in [-0.4, -0.2) is 10.9 Å². The minimum absolute atomic E-state index is 0.120. The van der Waals surface area contributed by atoms with E-state index in [0.717, 1.165) is 21.7 Å². The van der Waals surface area contributed by atoms with Gasteiger partial charge in [0, 0.05) is 15.8 Å². The van der Waals surface area contributed by atoms with E-state index in [1.54, 1.807) is 12.1 Å². The van der Waals surface area contributed by atoms with Crippen LogP contribution in [0.15, 0.2) is 89.1 Å². The molecule has 0 spiro atoms. The fraction of sp³-hybridized carbons (Fsp3) is 0.0435. The molecule has 0 aliphatic carbocycles. The number of carbonyl (C=O) groups is 1. The standard InChI is InChI=1S/C23H16Cl2N2OS2/c24-18-12-11-16(13-19(18)25)20-14-29-23(26-20)27-22(28)21(15-7-3-1-4-8-15)30-17-9-5-2-6-10-17/h1-14,21H,(H,26,27,28)/t21-/m0/s1. The average Bonchev–Trinajstić information content (AvgIpc) is 3.23. The molecule has 4 rings (SSSR count). The minimum Gasteiger partial charge on any atom is -0.301 e. The van der Waals surface area contributed by atoms with Gasteiger partial charge in [0.25, 0.3) is 0 Å². The molecule has 0 saturated heterocycles. The Morgan fingerprint density at radius 1 is 0.933 bits per heavy atom. The van der Waals surface area contributed by atoms with Crippen LogP contribution in [0.3, 0.4) is 0 Å². The molecule has 7 heteroatoms. The molecular formula is C23H16Cl2N2OS2. The number of carbonyl (C=O) groups excluding carboxylic acids is 1. The predicted octanol–water partition coefficient (Wildman–Crippen LogP) is 7.59. The highest BCUT2D eigenvalue weighted by atomic mass is 35.5. The van der Waals surface area contributed by atoms with E-state index in [1.165, 1.54) is 23.1 Å². The van der Waals surface area contributed by atoms with Gasteiger partial charge in [0.1, 0.15) is 5.25 Å². The fourth-order valence-corrected chi connectivity index (χ4v) is 4.89. The lowest BCUT2D eigenvalue weighted by Crippen LogP contribution is -2.18. The minimum atomic E-state index is -0.397. The topological polar surface area (TPSA) is 42.0 Å². The SMILES string of the molecule is O=C(Nc1nc(-c2ccc(Cl)c(Cl)c2)cs1)[C@@H](Sc1ccccc1)c1ccccc1. The van der Waals surface area contributed by atoms with E-state index in [9.17, 15) is 4.79 Å². The smallest absolute Gasteiger partial charge is 0.244 e. The van der Waals surface area contributed by atoms with Gasteiger partial charge < -0.3 is 5.32 Å². The van der Waals surface area contributed by atoms with Gasteiger partial charge in [-0.25, -0.2) is 4.98 Å². The average molecular weight is 471 g/mol. The third-order valence-electron chi connectivity index (χ3n) is 4.29. The van der Waals surface area contributed by atoms with Crippen LogP contribution >= 0.6 is 46.3 Å². The molecule has 0 unspecified atom stereocenters. The Kier molecular flexibility index (Phi) is 6.75. The van der Waals surface area contributed by atoms with Crippen LogP contribution in [0.5, 0.6) is 0 Å². The monoisotopic (exact) mass is 470 g/mol. The second kappa shape index (κ2) is 9.67. The second-order valence-corrected chi connectivity index (χ2v) is 9.23. The van der Waals surface area contributed by atoms with Crippen LogP contribution < -0.4 is 5.32 Å². The van der Waals surface area contributed by atoms with Gasteiger partial charge >= 0.3 is 0 Å². The quantitative estimate of drug-likeness (QED) is 0.295. The first-order valence-corrected chi connectivity index (χ1v) is 11.6. The third kappa shape index (κ3) is 5.05. The Morgan fingerprint density at radius 2 is 1.63 bits per heavy atom. The van der Waals surface area contributed by atoms with Gasteiger partial charge in [0.2, 0.25) is 5.91 Å². The molecule has 150 valence electrons. The van der Waals surface area contributed by atoms with Crippen molar-refractivity contribution in [2.24, 2.45) is 0 Å². The molecule has 0 aliphatic heterocycles. The first-order valence-electron chi connectivity index (χ1n) is 9.08. The van der Waals surface area contributed by atoms with Gasteiger partial charge in [-0.05, 0) is 29.8 Å². The number of thioether (sulfide) groups is 1. The number of anilines is 1. The van der Waals surface area contributed by atoms with E-state index in [1.807, 2.05) is 72.1 Å². The van der Waals surface area contributed by atoms with Crippen LogP contribution in [0, 0.1) is 0 Å². The molecule has 3 nitrogen and oxygen atoms in total. The molecule has 1 heterocycles. The summed E-state index contributed by atoms with van der Waals surface area (Å²) in [5.41, 5.74) is 2.52. The number of benzene rings is 3. The summed E-state index contributed by atoms with van der Waals surface area (Å²) in [6.07, 6.45) is 0. The predicted molar refractivity (Wildman–Crippen MR) is 128 cm³/mol. The van der Waals surface area contributed by atoms with Crippen molar-refractivity contribution in [2.45, 2.75) is 10.1 Å². The number of halogens is 2. The summed E-state index contributed by atoms with van der Waals surface area (Å²) in [6, 6.07) is 25.0. The highest BCUT2D eigenvalue weighted by molar-refractivity contribution is 8.00. The van der Waals surface area contributed by atoms with Gasteiger partial charge in [0.15, 0.2) is 5.13 Å². The molecule has 30 heavy (non-hydrogen) atoms. The molecule has 0 bridgehead atoms.